The van der Waals surface area contributed by atoms with Crippen molar-refractivity contribution in [1.29, 1.82) is 0 Å². The Morgan fingerprint density at radius 2 is 2.00 bits per heavy atom. The Hall–Kier alpha value is -0.840. The Morgan fingerprint density at radius 1 is 1.25 bits per heavy atom. The van der Waals surface area contributed by atoms with E-state index in [0.29, 0.717) is 9.92 Å². The molecule has 0 unspecified atom stereocenters. The normalized spacial score (nSPS) is 10.6. The highest BCUT2D eigenvalue weighted by atomic mass is 79.9. The fourth-order valence-corrected chi connectivity index (χ4v) is 3.19. The molecule has 2 aromatic carbocycles. The summed E-state index contributed by atoms with van der Waals surface area (Å²) in [6.45, 7) is 0. The maximum Gasteiger partial charge on any atom is 0.147 e. The zero-order valence-electron chi connectivity index (χ0n) is 10.4. The lowest BCUT2D eigenvalue weighted by molar-refractivity contribution is -0.116. The van der Waals surface area contributed by atoms with Crippen LogP contribution in [-0.2, 0) is 11.2 Å². The number of rotatable bonds is 5. The van der Waals surface area contributed by atoms with Crippen molar-refractivity contribution < 1.29 is 9.18 Å². The van der Waals surface area contributed by atoms with Gasteiger partial charge >= 0.3 is 0 Å². The molecule has 0 bridgehead atoms. The van der Waals surface area contributed by atoms with E-state index in [0.717, 1.165) is 10.0 Å². The summed E-state index contributed by atoms with van der Waals surface area (Å²) in [5.74, 6) is -0.0534. The lowest BCUT2D eigenvalue weighted by Gasteiger charge is -2.05. The highest BCUT2D eigenvalue weighted by molar-refractivity contribution is 9.10. The van der Waals surface area contributed by atoms with Crippen molar-refractivity contribution in [2.75, 3.05) is 5.75 Å². The number of carbonyl (C=O) groups excluding carboxylic acids is 1. The van der Waals surface area contributed by atoms with E-state index in [1.54, 1.807) is 24.3 Å². The van der Waals surface area contributed by atoms with Gasteiger partial charge in [-0.1, -0.05) is 45.7 Å². The van der Waals surface area contributed by atoms with Crippen LogP contribution in [0.3, 0.4) is 0 Å². The first-order valence-corrected chi connectivity index (χ1v) is 8.05. The van der Waals surface area contributed by atoms with E-state index < -0.39 is 0 Å². The van der Waals surface area contributed by atoms with Gasteiger partial charge in [0.05, 0.1) is 5.75 Å². The smallest absolute Gasteiger partial charge is 0.147 e. The number of ketones is 1. The first-order chi connectivity index (χ1) is 9.56. The van der Waals surface area contributed by atoms with E-state index in [2.05, 4.69) is 15.9 Å². The first-order valence-electron chi connectivity index (χ1n) is 5.89. The van der Waals surface area contributed by atoms with Crippen molar-refractivity contribution in [2.45, 2.75) is 11.3 Å². The van der Waals surface area contributed by atoms with E-state index in [1.165, 1.54) is 17.8 Å². The fraction of sp³-hybridized carbons (Fsp3) is 0.133. The van der Waals surface area contributed by atoms with Gasteiger partial charge in [-0.05, 0) is 29.8 Å². The van der Waals surface area contributed by atoms with Crippen molar-refractivity contribution in [2.24, 2.45) is 0 Å². The Morgan fingerprint density at radius 3 is 2.70 bits per heavy atom. The minimum Gasteiger partial charge on any atom is -0.298 e. The van der Waals surface area contributed by atoms with E-state index in [-0.39, 0.29) is 23.8 Å². The van der Waals surface area contributed by atoms with E-state index in [4.69, 9.17) is 11.6 Å². The summed E-state index contributed by atoms with van der Waals surface area (Å²) in [6.07, 6.45) is 0.258. The summed E-state index contributed by atoms with van der Waals surface area (Å²) in [5.41, 5.74) is 0.786. The van der Waals surface area contributed by atoms with Gasteiger partial charge in [-0.25, -0.2) is 4.39 Å². The molecule has 0 fully saturated rings. The molecule has 20 heavy (non-hydrogen) atoms. The van der Waals surface area contributed by atoms with Gasteiger partial charge in [0.25, 0.3) is 0 Å². The SMILES string of the molecule is O=C(CSc1ccccc1F)Cc1ccc(Br)cc1Cl. The molecule has 5 heteroatoms. The summed E-state index contributed by atoms with van der Waals surface area (Å²) in [6, 6.07) is 11.9. The molecule has 104 valence electrons. The summed E-state index contributed by atoms with van der Waals surface area (Å²) in [4.78, 5) is 12.4. The Kier molecular flexibility index (Phi) is 5.64. The van der Waals surface area contributed by atoms with Crippen LogP contribution in [0.5, 0.6) is 0 Å². The third-order valence-corrected chi connectivity index (χ3v) is 4.58. The van der Waals surface area contributed by atoms with E-state index in [9.17, 15) is 9.18 Å². The van der Waals surface area contributed by atoms with Crippen LogP contribution in [0.1, 0.15) is 5.56 Å². The average Bonchev–Trinajstić information content (AvgIpc) is 2.41. The second-order valence-electron chi connectivity index (χ2n) is 4.17. The van der Waals surface area contributed by atoms with Gasteiger partial charge in [-0.15, -0.1) is 11.8 Å². The average molecular weight is 374 g/mol. The summed E-state index contributed by atoms with van der Waals surface area (Å²) in [7, 11) is 0. The molecule has 1 nitrogen and oxygen atoms in total. The van der Waals surface area contributed by atoms with Crippen LogP contribution in [0.4, 0.5) is 4.39 Å². The number of carbonyl (C=O) groups is 1. The lowest BCUT2D eigenvalue weighted by atomic mass is 10.1. The maximum absolute atomic E-state index is 13.4. The summed E-state index contributed by atoms with van der Waals surface area (Å²) < 4.78 is 14.3. The molecule has 0 aromatic heterocycles. The predicted octanol–water partition coefficient (Wildman–Crippen LogP) is 5.15. The molecule has 0 spiro atoms. The molecule has 0 aliphatic rings. The zero-order chi connectivity index (χ0) is 14.5. The quantitative estimate of drug-likeness (QED) is 0.675. The third-order valence-electron chi connectivity index (χ3n) is 2.63. The highest BCUT2D eigenvalue weighted by Gasteiger charge is 2.10. The second kappa shape index (κ2) is 7.25. The maximum atomic E-state index is 13.4. The van der Waals surface area contributed by atoms with Gasteiger partial charge in [0, 0.05) is 20.8 Å². The van der Waals surface area contributed by atoms with Crippen LogP contribution >= 0.6 is 39.3 Å². The Balaban J connectivity index is 1.94. The van der Waals surface area contributed by atoms with Crippen LogP contribution in [0.15, 0.2) is 51.8 Å². The monoisotopic (exact) mass is 372 g/mol. The summed E-state index contributed by atoms with van der Waals surface area (Å²) >= 11 is 10.6. The van der Waals surface area contributed by atoms with Gasteiger partial charge in [-0.3, -0.25) is 4.79 Å². The molecule has 0 radical (unpaired) electrons. The number of Topliss-reactive ketones (excluding diaryl/α,β-unsaturated/α-hetero) is 1. The van der Waals surface area contributed by atoms with Crippen molar-refractivity contribution in [3.63, 3.8) is 0 Å². The Labute approximate surface area is 134 Å². The summed E-state index contributed by atoms with van der Waals surface area (Å²) in [5, 5.41) is 0.559. The van der Waals surface area contributed by atoms with Crippen LogP contribution in [0.2, 0.25) is 5.02 Å². The topological polar surface area (TPSA) is 17.1 Å². The van der Waals surface area contributed by atoms with Gasteiger partial charge in [-0.2, -0.15) is 0 Å². The molecule has 0 saturated carbocycles. The molecule has 0 amide bonds. The first kappa shape index (κ1) is 15.5. The molecule has 0 aliphatic carbocycles. The van der Waals surface area contributed by atoms with E-state index >= 15 is 0 Å². The number of benzene rings is 2. The van der Waals surface area contributed by atoms with Gasteiger partial charge in [0.15, 0.2) is 0 Å². The second-order valence-corrected chi connectivity index (χ2v) is 6.51. The van der Waals surface area contributed by atoms with Crippen LogP contribution in [-0.4, -0.2) is 11.5 Å². The van der Waals surface area contributed by atoms with Crippen molar-refractivity contribution in [3.8, 4) is 0 Å². The lowest BCUT2D eigenvalue weighted by Crippen LogP contribution is -2.06. The van der Waals surface area contributed by atoms with Gasteiger partial charge in [0.2, 0.25) is 0 Å². The third kappa shape index (κ3) is 4.33. The standard InChI is InChI=1S/C15H11BrClFOS/c16-11-6-5-10(13(17)8-11)7-12(19)9-20-15-4-2-1-3-14(15)18/h1-6,8H,7,9H2. The van der Waals surface area contributed by atoms with Crippen molar-refractivity contribution in [3.05, 3.63) is 63.3 Å². The molecule has 2 rings (SSSR count). The Bertz CT molecular complexity index is 633. The molecular weight excluding hydrogens is 363 g/mol. The zero-order valence-corrected chi connectivity index (χ0v) is 13.6. The molecule has 0 atom stereocenters. The molecule has 0 N–H and O–H groups in total. The van der Waals surface area contributed by atoms with Gasteiger partial charge < -0.3 is 0 Å². The minimum atomic E-state index is -0.299. The minimum absolute atomic E-state index is 0.0162. The van der Waals surface area contributed by atoms with Crippen molar-refractivity contribution >= 4 is 45.1 Å². The molecular formula is C15H11BrClFOS. The van der Waals surface area contributed by atoms with Crippen LogP contribution in [0, 0.1) is 5.82 Å². The molecule has 2 aromatic rings. The fourth-order valence-electron chi connectivity index (χ4n) is 1.65. The van der Waals surface area contributed by atoms with Crippen LogP contribution in [0.25, 0.3) is 0 Å². The molecule has 0 heterocycles. The van der Waals surface area contributed by atoms with Crippen molar-refractivity contribution in [1.82, 2.24) is 0 Å². The number of thioether (sulfide) groups is 1. The number of hydrogen-bond acceptors (Lipinski definition) is 2. The predicted molar refractivity (Wildman–Crippen MR) is 85.0 cm³/mol. The molecule has 0 saturated heterocycles. The largest absolute Gasteiger partial charge is 0.298 e. The van der Waals surface area contributed by atoms with Crippen LogP contribution < -0.4 is 0 Å². The molecule has 0 aliphatic heterocycles. The highest BCUT2D eigenvalue weighted by Crippen LogP contribution is 2.24. The van der Waals surface area contributed by atoms with E-state index in [1.807, 2.05) is 12.1 Å². The van der Waals surface area contributed by atoms with Gasteiger partial charge in [0.1, 0.15) is 11.6 Å². The number of hydrogen-bond donors (Lipinski definition) is 0. The number of halogens is 3.